The third-order valence-corrected chi connectivity index (χ3v) is 6.20. The van der Waals surface area contributed by atoms with Crippen LogP contribution in [0.3, 0.4) is 0 Å². The van der Waals surface area contributed by atoms with E-state index in [2.05, 4.69) is 47.0 Å². The quantitative estimate of drug-likeness (QED) is 0.235. The molecule has 0 amide bonds. The van der Waals surface area contributed by atoms with Crippen molar-refractivity contribution in [3.63, 3.8) is 0 Å². The summed E-state index contributed by atoms with van der Waals surface area (Å²) in [6.07, 6.45) is 14.4. The maximum Gasteiger partial charge on any atom is 0.131 e. The molecule has 1 aromatic carbocycles. The summed E-state index contributed by atoms with van der Waals surface area (Å²) < 4.78 is 0.908. The second kappa shape index (κ2) is 14.2. The summed E-state index contributed by atoms with van der Waals surface area (Å²) >= 11 is 0. The summed E-state index contributed by atoms with van der Waals surface area (Å²) in [5.74, 6) is 0.591. The molecule has 162 valence electrons. The van der Waals surface area contributed by atoms with E-state index in [-0.39, 0.29) is 12.1 Å². The molecule has 0 radical (unpaired) electrons. The van der Waals surface area contributed by atoms with Crippen LogP contribution in [0.1, 0.15) is 103 Å². The van der Waals surface area contributed by atoms with Crippen molar-refractivity contribution in [1.29, 1.82) is 0 Å². The fourth-order valence-electron chi connectivity index (χ4n) is 4.32. The van der Waals surface area contributed by atoms with Crippen molar-refractivity contribution in [2.24, 2.45) is 5.92 Å². The number of nitrogens with zero attached hydrogens (tertiary/aromatic N) is 1. The molecule has 0 aliphatic rings. The molecule has 1 N–H and O–H groups in total. The van der Waals surface area contributed by atoms with Crippen LogP contribution in [-0.2, 0) is 0 Å². The van der Waals surface area contributed by atoms with Crippen LogP contribution in [0, 0.1) is 5.92 Å². The molecular formula is C26H48NO+. The van der Waals surface area contributed by atoms with Crippen LogP contribution >= 0.6 is 0 Å². The van der Waals surface area contributed by atoms with Gasteiger partial charge < -0.3 is 9.59 Å². The van der Waals surface area contributed by atoms with Crippen molar-refractivity contribution in [2.75, 3.05) is 20.6 Å². The number of aliphatic hydroxyl groups excluding tert-OH is 1. The lowest BCUT2D eigenvalue weighted by Crippen LogP contribution is -2.52. The molecule has 2 heteroatoms. The normalized spacial score (nSPS) is 14.4. The van der Waals surface area contributed by atoms with Gasteiger partial charge in [0.05, 0.1) is 20.6 Å². The number of likely N-dealkylation sites (N-methyl/N-ethyl adjacent to an activating group) is 1. The van der Waals surface area contributed by atoms with E-state index in [0.717, 1.165) is 23.0 Å². The molecule has 0 fully saturated rings. The Morgan fingerprint density at radius 1 is 0.786 bits per heavy atom. The first kappa shape index (κ1) is 25.2. The van der Waals surface area contributed by atoms with Crippen LogP contribution in [0.4, 0.5) is 0 Å². The Labute approximate surface area is 175 Å². The van der Waals surface area contributed by atoms with Crippen molar-refractivity contribution in [3.8, 4) is 0 Å². The molecule has 0 saturated carbocycles. The first-order chi connectivity index (χ1) is 13.4. The lowest BCUT2D eigenvalue weighted by Gasteiger charge is -2.41. The van der Waals surface area contributed by atoms with Crippen molar-refractivity contribution in [2.45, 2.75) is 104 Å². The molecule has 2 unspecified atom stereocenters. The summed E-state index contributed by atoms with van der Waals surface area (Å²) in [6.45, 7) is 7.97. The maximum absolute atomic E-state index is 11.1. The standard InChI is InChI=1S/C26H48NO/c1-6-7-8-9-10-11-12-13-14-18-21-27(4,5)25(22-23(2)3)26(28)24-19-16-15-17-20-24/h15-17,19-20,23,25-26,28H,6-14,18,21-22H2,1-5H3/q+1. The number of rotatable bonds is 16. The predicted octanol–water partition coefficient (Wildman–Crippen LogP) is 7.13. The number of benzene rings is 1. The first-order valence-electron chi connectivity index (χ1n) is 11.9. The molecule has 0 heterocycles. The molecule has 1 aromatic rings. The third kappa shape index (κ3) is 10.1. The molecule has 0 spiro atoms. The molecule has 2 nitrogen and oxygen atoms in total. The van der Waals surface area contributed by atoms with Crippen LogP contribution in [0.25, 0.3) is 0 Å². The van der Waals surface area contributed by atoms with Gasteiger partial charge >= 0.3 is 0 Å². The molecule has 0 aliphatic heterocycles. The molecule has 2 atom stereocenters. The SMILES string of the molecule is CCCCCCCCCCCC[N+](C)(C)C(CC(C)C)C(O)c1ccccc1. The average molecular weight is 391 g/mol. The highest BCUT2D eigenvalue weighted by atomic mass is 16.3. The van der Waals surface area contributed by atoms with Gasteiger partial charge in [-0.2, -0.15) is 0 Å². The predicted molar refractivity (Wildman–Crippen MR) is 123 cm³/mol. The highest BCUT2D eigenvalue weighted by molar-refractivity contribution is 5.18. The van der Waals surface area contributed by atoms with Gasteiger partial charge in [-0.05, 0) is 24.3 Å². The van der Waals surface area contributed by atoms with Crippen LogP contribution in [0.5, 0.6) is 0 Å². The minimum absolute atomic E-state index is 0.251. The Morgan fingerprint density at radius 3 is 1.79 bits per heavy atom. The number of aliphatic hydroxyl groups is 1. The van der Waals surface area contributed by atoms with Gasteiger partial charge in [-0.1, -0.05) is 102 Å². The Bertz CT molecular complexity index is 482. The van der Waals surface area contributed by atoms with Crippen LogP contribution in [-0.4, -0.2) is 36.3 Å². The zero-order valence-electron chi connectivity index (χ0n) is 19.5. The summed E-state index contributed by atoms with van der Waals surface area (Å²) in [5, 5.41) is 11.1. The van der Waals surface area contributed by atoms with Gasteiger partial charge in [0.25, 0.3) is 0 Å². The zero-order valence-corrected chi connectivity index (χ0v) is 19.5. The van der Waals surface area contributed by atoms with E-state index in [4.69, 9.17) is 0 Å². The topological polar surface area (TPSA) is 20.2 Å². The van der Waals surface area contributed by atoms with Crippen molar-refractivity contribution >= 4 is 0 Å². The highest BCUT2D eigenvalue weighted by Gasteiger charge is 2.35. The fourth-order valence-corrected chi connectivity index (χ4v) is 4.32. The minimum Gasteiger partial charge on any atom is -0.382 e. The smallest absolute Gasteiger partial charge is 0.131 e. The van der Waals surface area contributed by atoms with Crippen LogP contribution in [0.15, 0.2) is 30.3 Å². The lowest BCUT2D eigenvalue weighted by atomic mass is 9.91. The second-order valence-electron chi connectivity index (χ2n) is 9.74. The minimum atomic E-state index is -0.387. The Kier molecular flexibility index (Phi) is 12.7. The average Bonchev–Trinajstić information content (AvgIpc) is 2.67. The molecule has 0 saturated heterocycles. The first-order valence-corrected chi connectivity index (χ1v) is 11.9. The lowest BCUT2D eigenvalue weighted by molar-refractivity contribution is -0.920. The van der Waals surface area contributed by atoms with Gasteiger partial charge in [0.1, 0.15) is 12.1 Å². The molecular weight excluding hydrogens is 342 g/mol. The van der Waals surface area contributed by atoms with Gasteiger partial charge in [0, 0.05) is 6.42 Å². The van der Waals surface area contributed by atoms with E-state index in [0.29, 0.717) is 5.92 Å². The summed E-state index contributed by atoms with van der Waals surface area (Å²) in [5.41, 5.74) is 1.06. The van der Waals surface area contributed by atoms with Gasteiger partial charge in [0.2, 0.25) is 0 Å². The third-order valence-electron chi connectivity index (χ3n) is 6.20. The van der Waals surface area contributed by atoms with E-state index in [1.807, 2.05) is 18.2 Å². The van der Waals surface area contributed by atoms with Gasteiger partial charge in [0.15, 0.2) is 0 Å². The molecule has 28 heavy (non-hydrogen) atoms. The highest BCUT2D eigenvalue weighted by Crippen LogP contribution is 2.29. The van der Waals surface area contributed by atoms with Gasteiger partial charge in [-0.3, -0.25) is 0 Å². The van der Waals surface area contributed by atoms with E-state index in [9.17, 15) is 5.11 Å². The van der Waals surface area contributed by atoms with Crippen molar-refractivity contribution in [3.05, 3.63) is 35.9 Å². The number of quaternary nitrogens is 1. The van der Waals surface area contributed by atoms with Gasteiger partial charge in [-0.15, -0.1) is 0 Å². The molecule has 0 aromatic heterocycles. The number of unbranched alkanes of at least 4 members (excludes halogenated alkanes) is 9. The largest absolute Gasteiger partial charge is 0.382 e. The monoisotopic (exact) mass is 390 g/mol. The van der Waals surface area contributed by atoms with Gasteiger partial charge in [-0.25, -0.2) is 0 Å². The van der Waals surface area contributed by atoms with E-state index in [1.54, 1.807) is 0 Å². The summed E-state index contributed by atoms with van der Waals surface area (Å²) in [4.78, 5) is 0. The van der Waals surface area contributed by atoms with Crippen LogP contribution in [0.2, 0.25) is 0 Å². The Morgan fingerprint density at radius 2 is 1.29 bits per heavy atom. The van der Waals surface area contributed by atoms with Crippen molar-refractivity contribution in [1.82, 2.24) is 0 Å². The number of hydrogen-bond acceptors (Lipinski definition) is 1. The Hall–Kier alpha value is -0.860. The second-order valence-corrected chi connectivity index (χ2v) is 9.74. The molecule has 1 rings (SSSR count). The van der Waals surface area contributed by atoms with E-state index < -0.39 is 0 Å². The molecule has 0 bridgehead atoms. The summed E-state index contributed by atoms with van der Waals surface area (Å²) in [7, 11) is 4.62. The number of hydrogen-bond donors (Lipinski definition) is 1. The van der Waals surface area contributed by atoms with E-state index >= 15 is 0 Å². The maximum atomic E-state index is 11.1. The molecule has 0 aliphatic carbocycles. The van der Waals surface area contributed by atoms with E-state index in [1.165, 1.54) is 64.2 Å². The van der Waals surface area contributed by atoms with Crippen LogP contribution < -0.4 is 0 Å². The fraction of sp³-hybridized carbons (Fsp3) is 0.769. The summed E-state index contributed by atoms with van der Waals surface area (Å²) in [6, 6.07) is 10.5. The van der Waals surface area contributed by atoms with Crippen molar-refractivity contribution < 1.29 is 9.59 Å². The Balaban J connectivity index is 2.41. The zero-order chi connectivity index (χ0) is 20.8.